The van der Waals surface area contributed by atoms with Crippen molar-refractivity contribution in [1.82, 2.24) is 0 Å². The first-order valence-electron chi connectivity index (χ1n) is 7.72. The van der Waals surface area contributed by atoms with Crippen molar-refractivity contribution < 1.29 is 4.74 Å². The lowest BCUT2D eigenvalue weighted by molar-refractivity contribution is 0.414. The summed E-state index contributed by atoms with van der Waals surface area (Å²) in [5, 5.41) is 0. The van der Waals surface area contributed by atoms with Gasteiger partial charge in [-0.2, -0.15) is 0 Å². The van der Waals surface area contributed by atoms with Gasteiger partial charge in [-0.15, -0.1) is 0 Å². The van der Waals surface area contributed by atoms with E-state index in [9.17, 15) is 0 Å². The highest BCUT2D eigenvalue weighted by molar-refractivity contribution is 5.80. The number of nitrogens with zero attached hydrogens (tertiary/aromatic N) is 1. The second-order valence-electron chi connectivity index (χ2n) is 5.24. The number of allylic oxidation sites excluding steroid dienone is 5. The molecule has 118 valence electrons. The van der Waals surface area contributed by atoms with Gasteiger partial charge in [0.1, 0.15) is 5.75 Å². The summed E-state index contributed by atoms with van der Waals surface area (Å²) >= 11 is 0. The van der Waals surface area contributed by atoms with Crippen LogP contribution in [0.2, 0.25) is 0 Å². The first-order chi connectivity index (χ1) is 10.5. The number of rotatable bonds is 7. The van der Waals surface area contributed by atoms with Gasteiger partial charge in [-0.05, 0) is 59.7 Å². The zero-order valence-electron chi connectivity index (χ0n) is 14.4. The van der Waals surface area contributed by atoms with Crippen molar-refractivity contribution in [2.45, 2.75) is 33.6 Å². The fourth-order valence-electron chi connectivity index (χ4n) is 2.39. The molecule has 0 saturated carbocycles. The number of aryl methyl sites for hydroxylation is 1. The Morgan fingerprint density at radius 2 is 1.95 bits per heavy atom. The van der Waals surface area contributed by atoms with Gasteiger partial charge in [-0.1, -0.05) is 38.6 Å². The van der Waals surface area contributed by atoms with Crippen LogP contribution >= 0.6 is 0 Å². The Balaban J connectivity index is 3.12. The minimum atomic E-state index is 0.892. The third-order valence-corrected chi connectivity index (χ3v) is 3.59. The summed E-state index contributed by atoms with van der Waals surface area (Å²) in [5.41, 5.74) is 5.94. The fourth-order valence-corrected chi connectivity index (χ4v) is 2.39. The molecule has 2 heteroatoms. The first-order valence-corrected chi connectivity index (χ1v) is 7.72. The van der Waals surface area contributed by atoms with Gasteiger partial charge in [0.2, 0.25) is 0 Å². The van der Waals surface area contributed by atoms with E-state index < -0.39 is 0 Å². The lowest BCUT2D eigenvalue weighted by atomic mass is 9.96. The third kappa shape index (κ3) is 5.03. The lowest BCUT2D eigenvalue weighted by Gasteiger charge is -2.11. The second-order valence-corrected chi connectivity index (χ2v) is 5.24. The largest absolute Gasteiger partial charge is 0.497 e. The van der Waals surface area contributed by atoms with E-state index in [0.29, 0.717) is 0 Å². The van der Waals surface area contributed by atoms with Crippen molar-refractivity contribution in [3.63, 3.8) is 0 Å². The Morgan fingerprint density at radius 3 is 2.45 bits per heavy atom. The van der Waals surface area contributed by atoms with E-state index in [2.05, 4.69) is 56.6 Å². The normalized spacial score (nSPS) is 12.8. The maximum atomic E-state index is 5.28. The topological polar surface area (TPSA) is 21.6 Å². The number of methoxy groups -OCH3 is 1. The second kappa shape index (κ2) is 9.04. The number of aliphatic imine (C=N–C) groups is 1. The van der Waals surface area contributed by atoms with Gasteiger partial charge < -0.3 is 4.74 Å². The Bertz CT molecular complexity index is 606. The summed E-state index contributed by atoms with van der Waals surface area (Å²) in [6.07, 6.45) is 8.06. The van der Waals surface area contributed by atoms with E-state index in [1.54, 1.807) is 14.2 Å². The van der Waals surface area contributed by atoms with Crippen LogP contribution in [-0.2, 0) is 0 Å². The minimum Gasteiger partial charge on any atom is -0.497 e. The average molecular weight is 297 g/mol. The molecule has 0 radical (unpaired) electrons. The van der Waals surface area contributed by atoms with Crippen LogP contribution in [0, 0.1) is 6.92 Å². The van der Waals surface area contributed by atoms with Crippen LogP contribution in [0.15, 0.2) is 53.1 Å². The van der Waals surface area contributed by atoms with Gasteiger partial charge in [0.15, 0.2) is 0 Å². The van der Waals surface area contributed by atoms with Crippen molar-refractivity contribution in [2.24, 2.45) is 4.99 Å². The highest BCUT2D eigenvalue weighted by Gasteiger charge is 2.05. The molecule has 1 aromatic carbocycles. The van der Waals surface area contributed by atoms with Crippen LogP contribution in [0.1, 0.15) is 37.8 Å². The molecule has 0 spiro atoms. The molecule has 0 atom stereocenters. The van der Waals surface area contributed by atoms with Crippen LogP contribution in [0.25, 0.3) is 5.57 Å². The Hall–Kier alpha value is -2.09. The molecule has 2 nitrogen and oxygen atoms in total. The molecule has 0 heterocycles. The summed E-state index contributed by atoms with van der Waals surface area (Å²) in [5.74, 6) is 0.892. The maximum Gasteiger partial charge on any atom is 0.119 e. The third-order valence-electron chi connectivity index (χ3n) is 3.59. The van der Waals surface area contributed by atoms with Crippen molar-refractivity contribution in [2.75, 3.05) is 14.2 Å². The zero-order valence-corrected chi connectivity index (χ0v) is 14.4. The maximum absolute atomic E-state index is 5.28. The van der Waals surface area contributed by atoms with E-state index >= 15 is 0 Å². The van der Waals surface area contributed by atoms with E-state index in [1.807, 2.05) is 12.3 Å². The highest BCUT2D eigenvalue weighted by Crippen LogP contribution is 2.26. The molecule has 1 rings (SSSR count). The van der Waals surface area contributed by atoms with E-state index in [4.69, 9.17) is 4.74 Å². The number of benzene rings is 1. The summed E-state index contributed by atoms with van der Waals surface area (Å²) in [6.45, 7) is 10.6. The molecule has 0 aliphatic rings. The zero-order chi connectivity index (χ0) is 16.5. The molecule has 0 aliphatic heterocycles. The molecule has 0 amide bonds. The van der Waals surface area contributed by atoms with Gasteiger partial charge in [0.05, 0.1) is 7.11 Å². The molecule has 0 aliphatic carbocycles. The van der Waals surface area contributed by atoms with Crippen molar-refractivity contribution in [3.8, 4) is 5.75 Å². The molecule has 0 bridgehead atoms. The Morgan fingerprint density at radius 1 is 1.23 bits per heavy atom. The smallest absolute Gasteiger partial charge is 0.119 e. The van der Waals surface area contributed by atoms with Gasteiger partial charge in [0.25, 0.3) is 0 Å². The first kappa shape index (κ1) is 18.0. The van der Waals surface area contributed by atoms with Crippen LogP contribution in [0.3, 0.4) is 0 Å². The van der Waals surface area contributed by atoms with Gasteiger partial charge in [0, 0.05) is 13.3 Å². The number of hydrogen-bond acceptors (Lipinski definition) is 2. The number of hydrogen-bond donors (Lipinski definition) is 0. The quantitative estimate of drug-likeness (QED) is 0.488. The molecular formula is C20H27NO. The van der Waals surface area contributed by atoms with Gasteiger partial charge >= 0.3 is 0 Å². The predicted octanol–water partition coefficient (Wildman–Crippen LogP) is 5.39. The fraction of sp³-hybridized carbons (Fsp3) is 0.350. The molecular weight excluding hydrogens is 270 g/mol. The molecule has 0 fully saturated rings. The molecule has 0 unspecified atom stereocenters. The Kier molecular flexibility index (Phi) is 7.38. The monoisotopic (exact) mass is 297 g/mol. The molecule has 1 aromatic rings. The van der Waals surface area contributed by atoms with Gasteiger partial charge in [-0.3, -0.25) is 4.99 Å². The van der Waals surface area contributed by atoms with Crippen molar-refractivity contribution in [1.29, 1.82) is 0 Å². The predicted molar refractivity (Wildman–Crippen MR) is 97.9 cm³/mol. The van der Waals surface area contributed by atoms with E-state index in [-0.39, 0.29) is 0 Å². The van der Waals surface area contributed by atoms with E-state index in [0.717, 1.165) is 24.2 Å². The number of ether oxygens (including phenoxy) is 1. The minimum absolute atomic E-state index is 0.892. The van der Waals surface area contributed by atoms with Crippen LogP contribution < -0.4 is 4.74 Å². The lowest BCUT2D eigenvalue weighted by Crippen LogP contribution is -1.91. The highest BCUT2D eigenvalue weighted by atomic mass is 16.5. The van der Waals surface area contributed by atoms with Crippen molar-refractivity contribution in [3.05, 3.63) is 59.2 Å². The SMILES string of the molecule is C=C(/C=C(\C=N/C)CC)/C=C(\CC)c1ccc(OC)cc1C. The summed E-state index contributed by atoms with van der Waals surface area (Å²) in [7, 11) is 3.49. The summed E-state index contributed by atoms with van der Waals surface area (Å²) in [4.78, 5) is 4.08. The standard InChI is InChI=1S/C20H27NO/c1-7-17(14-21-5)11-15(3)12-18(8-2)20-10-9-19(22-6)13-16(20)4/h9-14H,3,7-8H2,1-2,4-6H3/b17-11-,18-12+,21-14-. The van der Waals surface area contributed by atoms with Crippen LogP contribution in [-0.4, -0.2) is 20.4 Å². The van der Waals surface area contributed by atoms with Gasteiger partial charge in [-0.25, -0.2) is 0 Å². The molecule has 0 saturated heterocycles. The molecule has 22 heavy (non-hydrogen) atoms. The van der Waals surface area contributed by atoms with Crippen LogP contribution in [0.5, 0.6) is 5.75 Å². The molecule has 0 aromatic heterocycles. The van der Waals surface area contributed by atoms with Crippen molar-refractivity contribution >= 4 is 11.8 Å². The Labute approximate surface area is 134 Å². The summed E-state index contributed by atoms with van der Waals surface area (Å²) < 4.78 is 5.28. The average Bonchev–Trinajstić information content (AvgIpc) is 2.52. The van der Waals surface area contributed by atoms with E-state index in [1.165, 1.54) is 22.3 Å². The molecule has 0 N–H and O–H groups in total. The summed E-state index contributed by atoms with van der Waals surface area (Å²) in [6, 6.07) is 6.19. The van der Waals surface area contributed by atoms with Crippen LogP contribution in [0.4, 0.5) is 0 Å².